The fourth-order valence-electron chi connectivity index (χ4n) is 7.68. The maximum atomic E-state index is 12.3. The van der Waals surface area contributed by atoms with Gasteiger partial charge in [0.2, 0.25) is 0 Å². The van der Waals surface area contributed by atoms with E-state index in [9.17, 15) is 14.7 Å². The van der Waals surface area contributed by atoms with Gasteiger partial charge in [-0.05, 0) is 79.4 Å². The highest BCUT2D eigenvalue weighted by Crippen LogP contribution is 2.67. The van der Waals surface area contributed by atoms with E-state index in [-0.39, 0.29) is 23.7 Å². The van der Waals surface area contributed by atoms with Gasteiger partial charge >= 0.3 is 0 Å². The molecule has 0 aromatic carbocycles. The molecule has 3 heteroatoms. The van der Waals surface area contributed by atoms with Crippen LogP contribution >= 0.6 is 0 Å². The minimum absolute atomic E-state index is 0.0709. The molecular weight excluding hydrogens is 300 g/mol. The number of Topliss-reactive ketones (excluding diaryl/α,β-unsaturated/α-hetero) is 2. The van der Waals surface area contributed by atoms with Crippen LogP contribution in [0.3, 0.4) is 0 Å². The Morgan fingerprint density at radius 3 is 2.54 bits per heavy atom. The maximum Gasteiger partial charge on any atom is 0.161 e. The summed E-state index contributed by atoms with van der Waals surface area (Å²) in [6, 6.07) is 0. The van der Waals surface area contributed by atoms with Crippen molar-refractivity contribution in [1.82, 2.24) is 0 Å². The number of fused-ring (bicyclic) bond motifs is 5. The van der Waals surface area contributed by atoms with Crippen LogP contribution in [0.2, 0.25) is 0 Å². The zero-order valence-electron chi connectivity index (χ0n) is 15.2. The number of ketones is 2. The average molecular weight is 332 g/mol. The summed E-state index contributed by atoms with van der Waals surface area (Å²) in [5, 5.41) is 9.37. The molecule has 7 atom stereocenters. The summed E-state index contributed by atoms with van der Waals surface area (Å²) in [5.41, 5.74) is 0.450. The molecule has 0 aromatic heterocycles. The molecule has 0 unspecified atom stereocenters. The number of hydrogen-bond donors (Lipinski definition) is 1. The van der Waals surface area contributed by atoms with E-state index in [1.165, 1.54) is 19.3 Å². The van der Waals surface area contributed by atoms with Crippen LogP contribution < -0.4 is 0 Å². The molecule has 24 heavy (non-hydrogen) atoms. The summed E-state index contributed by atoms with van der Waals surface area (Å²) < 4.78 is 0. The van der Waals surface area contributed by atoms with E-state index >= 15 is 0 Å². The number of hydrogen-bond acceptors (Lipinski definition) is 3. The molecule has 0 bridgehead atoms. The SMILES string of the molecule is C[C@]12CCC(=O)C[C@@H]1CC[C@@H]1[C@@H]2CC[C@]2(C)[C@@H](C(=O)CO)CC[C@@H]12. The van der Waals surface area contributed by atoms with Gasteiger partial charge in [0.05, 0.1) is 0 Å². The van der Waals surface area contributed by atoms with Gasteiger partial charge in [-0.3, -0.25) is 9.59 Å². The van der Waals surface area contributed by atoms with Crippen LogP contribution in [0, 0.1) is 40.4 Å². The summed E-state index contributed by atoms with van der Waals surface area (Å²) in [6.07, 6.45) is 9.61. The van der Waals surface area contributed by atoms with Gasteiger partial charge in [-0.15, -0.1) is 0 Å². The zero-order chi connectivity index (χ0) is 17.1. The van der Waals surface area contributed by atoms with Gasteiger partial charge in [0.15, 0.2) is 5.78 Å². The Morgan fingerprint density at radius 2 is 1.79 bits per heavy atom. The van der Waals surface area contributed by atoms with Crippen molar-refractivity contribution in [2.24, 2.45) is 40.4 Å². The molecule has 0 aromatic rings. The molecule has 0 saturated heterocycles. The summed E-state index contributed by atoms with van der Waals surface area (Å²) in [6.45, 7) is 4.51. The van der Waals surface area contributed by atoms with E-state index in [4.69, 9.17) is 0 Å². The zero-order valence-corrected chi connectivity index (χ0v) is 15.2. The number of aliphatic hydroxyl groups excluding tert-OH is 1. The van der Waals surface area contributed by atoms with Crippen LogP contribution in [0.4, 0.5) is 0 Å². The second-order valence-corrected chi connectivity index (χ2v) is 9.70. The van der Waals surface area contributed by atoms with Gasteiger partial charge in [-0.25, -0.2) is 0 Å². The smallest absolute Gasteiger partial charge is 0.161 e. The second kappa shape index (κ2) is 5.65. The van der Waals surface area contributed by atoms with Gasteiger partial charge in [0.25, 0.3) is 0 Å². The molecule has 134 valence electrons. The third kappa shape index (κ3) is 2.19. The highest BCUT2D eigenvalue weighted by Gasteiger charge is 2.60. The summed E-state index contributed by atoms with van der Waals surface area (Å²) in [7, 11) is 0. The monoisotopic (exact) mass is 332 g/mol. The Morgan fingerprint density at radius 1 is 1.04 bits per heavy atom. The average Bonchev–Trinajstić information content (AvgIpc) is 2.92. The predicted octanol–water partition coefficient (Wildman–Crippen LogP) is 3.78. The topological polar surface area (TPSA) is 54.4 Å². The Kier molecular flexibility index (Phi) is 3.95. The van der Waals surface area contributed by atoms with Crippen LogP contribution in [0.25, 0.3) is 0 Å². The van der Waals surface area contributed by atoms with E-state index in [0.717, 1.165) is 50.4 Å². The lowest BCUT2D eigenvalue weighted by atomic mass is 9.44. The molecule has 3 nitrogen and oxygen atoms in total. The summed E-state index contributed by atoms with van der Waals surface area (Å²) in [5.74, 6) is 3.34. The molecule has 4 aliphatic rings. The second-order valence-electron chi connectivity index (χ2n) is 9.70. The maximum absolute atomic E-state index is 12.3. The van der Waals surface area contributed by atoms with Crippen molar-refractivity contribution in [3.05, 3.63) is 0 Å². The predicted molar refractivity (Wildman–Crippen MR) is 92.3 cm³/mol. The standard InChI is InChI=1S/C21H32O3/c1-20-9-7-14(23)11-13(20)3-4-15-16-5-6-18(19(24)12-22)21(16,2)10-8-17(15)20/h13,15-18,22H,3-12H2,1-2H3/t13-,15-,16-,17-,18+,20-,21-/m0/s1. The number of rotatable bonds is 2. The van der Waals surface area contributed by atoms with Crippen LogP contribution in [0.1, 0.15) is 71.6 Å². The van der Waals surface area contributed by atoms with Crippen LogP contribution in [0.15, 0.2) is 0 Å². The van der Waals surface area contributed by atoms with Crippen LogP contribution in [-0.2, 0) is 9.59 Å². The number of carbonyl (C=O) groups is 2. The molecule has 4 rings (SSSR count). The highest BCUT2D eigenvalue weighted by atomic mass is 16.3. The van der Waals surface area contributed by atoms with Crippen molar-refractivity contribution in [1.29, 1.82) is 0 Å². The van der Waals surface area contributed by atoms with E-state index in [1.54, 1.807) is 0 Å². The van der Waals surface area contributed by atoms with Gasteiger partial charge in [0, 0.05) is 18.8 Å². The first kappa shape index (κ1) is 16.8. The molecule has 0 heterocycles. The molecule has 4 saturated carbocycles. The van der Waals surface area contributed by atoms with Crippen LogP contribution in [-0.4, -0.2) is 23.3 Å². The lowest BCUT2D eigenvalue weighted by Gasteiger charge is -2.60. The third-order valence-electron chi connectivity index (χ3n) is 9.03. The molecule has 0 amide bonds. The molecule has 0 radical (unpaired) electrons. The van der Waals surface area contributed by atoms with Crippen molar-refractivity contribution in [3.8, 4) is 0 Å². The Balaban J connectivity index is 1.61. The van der Waals surface area contributed by atoms with E-state index < -0.39 is 0 Å². The Labute approximate surface area is 145 Å². The van der Waals surface area contributed by atoms with Crippen LogP contribution in [0.5, 0.6) is 0 Å². The minimum atomic E-state index is -0.289. The molecule has 1 N–H and O–H groups in total. The fourth-order valence-corrected chi connectivity index (χ4v) is 7.68. The van der Waals surface area contributed by atoms with Crippen molar-refractivity contribution >= 4 is 11.6 Å². The minimum Gasteiger partial charge on any atom is -0.389 e. The van der Waals surface area contributed by atoms with Crippen molar-refractivity contribution in [3.63, 3.8) is 0 Å². The van der Waals surface area contributed by atoms with Crippen molar-refractivity contribution in [2.75, 3.05) is 6.61 Å². The normalized spacial score (nSPS) is 50.8. The Bertz CT molecular complexity index is 555. The van der Waals surface area contributed by atoms with Gasteiger partial charge in [-0.1, -0.05) is 13.8 Å². The first-order valence-corrected chi connectivity index (χ1v) is 10.1. The lowest BCUT2D eigenvalue weighted by molar-refractivity contribution is -0.144. The Hall–Kier alpha value is -0.700. The molecule has 4 fully saturated rings. The molecular formula is C21H32O3. The molecule has 0 spiro atoms. The van der Waals surface area contributed by atoms with Gasteiger partial charge in [0.1, 0.15) is 12.4 Å². The third-order valence-corrected chi connectivity index (χ3v) is 9.03. The van der Waals surface area contributed by atoms with E-state index in [0.29, 0.717) is 23.0 Å². The first-order chi connectivity index (χ1) is 11.4. The highest BCUT2D eigenvalue weighted by molar-refractivity contribution is 5.83. The largest absolute Gasteiger partial charge is 0.389 e. The van der Waals surface area contributed by atoms with E-state index in [2.05, 4.69) is 13.8 Å². The lowest BCUT2D eigenvalue weighted by Crippen LogP contribution is -2.54. The summed E-state index contributed by atoms with van der Waals surface area (Å²) >= 11 is 0. The first-order valence-electron chi connectivity index (χ1n) is 10.1. The van der Waals surface area contributed by atoms with Gasteiger partial charge < -0.3 is 5.11 Å². The fraction of sp³-hybridized carbons (Fsp3) is 0.905. The molecule has 4 aliphatic carbocycles. The van der Waals surface area contributed by atoms with Crippen molar-refractivity contribution in [2.45, 2.75) is 71.6 Å². The van der Waals surface area contributed by atoms with Crippen molar-refractivity contribution < 1.29 is 14.7 Å². The number of aliphatic hydroxyl groups is 1. The quantitative estimate of drug-likeness (QED) is 0.837. The number of carbonyl (C=O) groups excluding carboxylic acids is 2. The summed E-state index contributed by atoms with van der Waals surface area (Å²) in [4.78, 5) is 24.2. The van der Waals surface area contributed by atoms with E-state index in [1.807, 2.05) is 0 Å². The van der Waals surface area contributed by atoms with Gasteiger partial charge in [-0.2, -0.15) is 0 Å². The molecule has 0 aliphatic heterocycles.